The quantitative estimate of drug-likeness (QED) is 0.457. The fourth-order valence-electron chi connectivity index (χ4n) is 4.21. The Hall–Kier alpha value is -3.72. The SMILES string of the molecule is COc1ccc(CN2C[C@@H](OCc3ccccc3F)CN(C(=O)CCc3cnn(C)c3)CC2=O)cc1. The van der Waals surface area contributed by atoms with Crippen molar-refractivity contribution >= 4 is 11.8 Å². The minimum atomic E-state index is -0.461. The maximum atomic E-state index is 14.2. The molecule has 2 heterocycles. The van der Waals surface area contributed by atoms with Crippen molar-refractivity contribution < 1.29 is 23.5 Å². The third kappa shape index (κ3) is 6.69. The molecule has 2 aromatic carbocycles. The molecule has 0 spiro atoms. The van der Waals surface area contributed by atoms with E-state index in [1.807, 2.05) is 37.5 Å². The number of amides is 2. The number of halogens is 1. The number of aromatic nitrogens is 2. The summed E-state index contributed by atoms with van der Waals surface area (Å²) in [6, 6.07) is 13.9. The molecular weight excluding hydrogens is 463 g/mol. The van der Waals surface area contributed by atoms with Crippen LogP contribution in [0.15, 0.2) is 60.9 Å². The van der Waals surface area contributed by atoms with Gasteiger partial charge >= 0.3 is 0 Å². The highest BCUT2D eigenvalue weighted by Crippen LogP contribution is 2.18. The van der Waals surface area contributed by atoms with Gasteiger partial charge in [-0.15, -0.1) is 0 Å². The summed E-state index contributed by atoms with van der Waals surface area (Å²) in [5.74, 6) is 0.106. The minimum absolute atomic E-state index is 0.0262. The topological polar surface area (TPSA) is 76.9 Å². The van der Waals surface area contributed by atoms with Crippen LogP contribution < -0.4 is 4.74 Å². The van der Waals surface area contributed by atoms with Gasteiger partial charge in [0.25, 0.3) is 0 Å². The number of aryl methyl sites for hydroxylation is 2. The summed E-state index contributed by atoms with van der Waals surface area (Å²) in [5, 5.41) is 4.14. The predicted molar refractivity (Wildman–Crippen MR) is 131 cm³/mol. The molecule has 1 aliphatic rings. The summed E-state index contributed by atoms with van der Waals surface area (Å²) in [6.45, 7) is 0.957. The number of carbonyl (C=O) groups is 2. The smallest absolute Gasteiger partial charge is 0.242 e. The molecule has 4 rings (SSSR count). The molecule has 0 unspecified atom stereocenters. The van der Waals surface area contributed by atoms with Crippen LogP contribution in [0.4, 0.5) is 4.39 Å². The van der Waals surface area contributed by atoms with Gasteiger partial charge in [0.2, 0.25) is 11.8 Å². The van der Waals surface area contributed by atoms with E-state index in [1.165, 1.54) is 6.07 Å². The molecule has 190 valence electrons. The minimum Gasteiger partial charge on any atom is -0.497 e. The number of hydrogen-bond donors (Lipinski definition) is 0. The zero-order valence-electron chi connectivity index (χ0n) is 20.6. The van der Waals surface area contributed by atoms with Crippen LogP contribution in [0.3, 0.4) is 0 Å². The lowest BCUT2D eigenvalue weighted by molar-refractivity contribution is -0.139. The van der Waals surface area contributed by atoms with E-state index in [9.17, 15) is 14.0 Å². The maximum Gasteiger partial charge on any atom is 0.242 e. The second-order valence-electron chi connectivity index (χ2n) is 8.94. The lowest BCUT2D eigenvalue weighted by Crippen LogP contribution is -2.39. The van der Waals surface area contributed by atoms with Crippen LogP contribution >= 0.6 is 0 Å². The molecule has 1 saturated heterocycles. The van der Waals surface area contributed by atoms with Crippen LogP contribution in [0.25, 0.3) is 0 Å². The van der Waals surface area contributed by atoms with E-state index in [1.54, 1.807) is 46.0 Å². The van der Waals surface area contributed by atoms with Gasteiger partial charge in [-0.1, -0.05) is 30.3 Å². The van der Waals surface area contributed by atoms with Crippen LogP contribution in [0.2, 0.25) is 0 Å². The molecule has 1 aromatic heterocycles. The summed E-state index contributed by atoms with van der Waals surface area (Å²) in [6.07, 6.45) is 3.94. The molecule has 0 radical (unpaired) electrons. The third-order valence-electron chi connectivity index (χ3n) is 6.23. The zero-order valence-corrected chi connectivity index (χ0v) is 20.6. The summed E-state index contributed by atoms with van der Waals surface area (Å²) in [5.41, 5.74) is 2.33. The number of ether oxygens (including phenoxy) is 2. The highest BCUT2D eigenvalue weighted by atomic mass is 19.1. The number of nitrogens with zero attached hydrogens (tertiary/aromatic N) is 4. The van der Waals surface area contributed by atoms with Gasteiger partial charge in [0, 0.05) is 44.9 Å². The van der Waals surface area contributed by atoms with Crippen molar-refractivity contribution in [3.8, 4) is 5.75 Å². The Morgan fingerprint density at radius 1 is 1.11 bits per heavy atom. The first kappa shape index (κ1) is 25.4. The van der Waals surface area contributed by atoms with Gasteiger partial charge in [-0.25, -0.2) is 4.39 Å². The number of methoxy groups -OCH3 is 1. The van der Waals surface area contributed by atoms with Gasteiger partial charge in [-0.05, 0) is 35.7 Å². The molecule has 0 bridgehead atoms. The largest absolute Gasteiger partial charge is 0.497 e. The van der Waals surface area contributed by atoms with E-state index in [4.69, 9.17) is 9.47 Å². The lowest BCUT2D eigenvalue weighted by Gasteiger charge is -2.25. The summed E-state index contributed by atoms with van der Waals surface area (Å²) in [4.78, 5) is 29.5. The maximum absolute atomic E-state index is 14.2. The van der Waals surface area contributed by atoms with Crippen molar-refractivity contribution in [3.05, 3.63) is 83.4 Å². The first-order valence-electron chi connectivity index (χ1n) is 11.9. The van der Waals surface area contributed by atoms with E-state index < -0.39 is 6.10 Å². The fraction of sp³-hybridized carbons (Fsp3) is 0.370. The van der Waals surface area contributed by atoms with E-state index in [0.717, 1.165) is 16.9 Å². The van der Waals surface area contributed by atoms with Crippen molar-refractivity contribution in [2.24, 2.45) is 7.05 Å². The Morgan fingerprint density at radius 3 is 2.58 bits per heavy atom. The highest BCUT2D eigenvalue weighted by molar-refractivity contribution is 5.85. The predicted octanol–water partition coefficient (Wildman–Crippen LogP) is 2.96. The van der Waals surface area contributed by atoms with Crippen molar-refractivity contribution in [3.63, 3.8) is 0 Å². The van der Waals surface area contributed by atoms with Gasteiger partial charge in [0.1, 0.15) is 11.6 Å². The van der Waals surface area contributed by atoms with Gasteiger partial charge in [-0.2, -0.15) is 5.10 Å². The number of rotatable bonds is 9. The van der Waals surface area contributed by atoms with Crippen LogP contribution in [0.1, 0.15) is 23.1 Å². The Kier molecular flexibility index (Phi) is 8.32. The molecule has 9 heteroatoms. The molecule has 1 aliphatic heterocycles. The molecule has 0 saturated carbocycles. The van der Waals surface area contributed by atoms with Gasteiger partial charge in [-0.3, -0.25) is 14.3 Å². The molecule has 1 atom stereocenters. The molecule has 2 amide bonds. The zero-order chi connectivity index (χ0) is 25.5. The number of benzene rings is 2. The van der Waals surface area contributed by atoms with E-state index in [2.05, 4.69) is 5.10 Å². The Morgan fingerprint density at radius 2 is 1.89 bits per heavy atom. The standard InChI is InChI=1S/C27H31FN4O4/c1-30-14-21(13-29-30)9-12-26(33)32-17-24(36-19-22-5-3-4-6-25(22)28)16-31(27(34)18-32)15-20-7-10-23(35-2)11-8-20/h3-8,10-11,13-14,24H,9,12,15-19H2,1-2H3/t24-/m1/s1. The summed E-state index contributed by atoms with van der Waals surface area (Å²) in [7, 11) is 3.43. The average molecular weight is 495 g/mol. The van der Waals surface area contributed by atoms with Gasteiger partial charge in [0.15, 0.2) is 0 Å². The highest BCUT2D eigenvalue weighted by Gasteiger charge is 2.31. The van der Waals surface area contributed by atoms with Gasteiger partial charge < -0.3 is 19.3 Å². The molecule has 1 fully saturated rings. The average Bonchev–Trinajstić information content (AvgIpc) is 3.23. The summed E-state index contributed by atoms with van der Waals surface area (Å²) < 4.78 is 27.1. The Bertz CT molecular complexity index is 1180. The van der Waals surface area contributed by atoms with Crippen LogP contribution in [0.5, 0.6) is 5.75 Å². The monoisotopic (exact) mass is 494 g/mol. The first-order chi connectivity index (χ1) is 17.4. The lowest BCUT2D eigenvalue weighted by atomic mass is 10.2. The van der Waals surface area contributed by atoms with E-state index in [0.29, 0.717) is 25.1 Å². The van der Waals surface area contributed by atoms with Crippen LogP contribution in [-0.2, 0) is 40.9 Å². The van der Waals surface area contributed by atoms with Crippen LogP contribution in [0, 0.1) is 5.82 Å². The van der Waals surface area contributed by atoms with Gasteiger partial charge in [0.05, 0.1) is 32.6 Å². The molecular formula is C27H31FN4O4. The van der Waals surface area contributed by atoms with Crippen LogP contribution in [-0.4, -0.2) is 64.2 Å². The second kappa shape index (κ2) is 11.8. The summed E-state index contributed by atoms with van der Waals surface area (Å²) >= 11 is 0. The molecule has 3 aromatic rings. The normalized spacial score (nSPS) is 16.2. The van der Waals surface area contributed by atoms with Crippen molar-refractivity contribution in [1.29, 1.82) is 0 Å². The molecule has 0 N–H and O–H groups in total. The Labute approximate surface area is 210 Å². The first-order valence-corrected chi connectivity index (χ1v) is 11.9. The van der Waals surface area contributed by atoms with E-state index >= 15 is 0 Å². The second-order valence-corrected chi connectivity index (χ2v) is 8.94. The van der Waals surface area contributed by atoms with Crippen molar-refractivity contribution in [2.75, 3.05) is 26.7 Å². The van der Waals surface area contributed by atoms with E-state index in [-0.39, 0.29) is 43.7 Å². The number of carbonyl (C=O) groups excluding carboxylic acids is 2. The molecule has 0 aliphatic carbocycles. The Balaban J connectivity index is 1.47. The third-order valence-corrected chi connectivity index (χ3v) is 6.23. The fourth-order valence-corrected chi connectivity index (χ4v) is 4.21. The molecule has 8 nitrogen and oxygen atoms in total. The molecule has 36 heavy (non-hydrogen) atoms. The van der Waals surface area contributed by atoms with Crippen molar-refractivity contribution in [1.82, 2.24) is 19.6 Å². The number of hydrogen-bond acceptors (Lipinski definition) is 5. The van der Waals surface area contributed by atoms with Crippen molar-refractivity contribution in [2.45, 2.75) is 32.1 Å².